The second-order valence-electron chi connectivity index (χ2n) is 6.65. The van der Waals surface area contributed by atoms with Crippen molar-refractivity contribution in [1.82, 2.24) is 14.3 Å². The van der Waals surface area contributed by atoms with Crippen LogP contribution < -0.4 is 5.56 Å². The molecule has 0 aliphatic carbocycles. The first kappa shape index (κ1) is 21.3. The third kappa shape index (κ3) is 4.41. The third-order valence-electron chi connectivity index (χ3n) is 4.37. The SMILES string of the molecule is Cc1ccc2nc(Sc3ccccc3)c(/C=C3\SC(=S)N(CC(=O)O)C3=O)c(=O)n2c1. The summed E-state index contributed by atoms with van der Waals surface area (Å²) in [6.45, 7) is 1.34. The summed E-state index contributed by atoms with van der Waals surface area (Å²) in [4.78, 5) is 43.8. The predicted octanol–water partition coefficient (Wildman–Crippen LogP) is 3.44. The smallest absolute Gasteiger partial charge is 0.323 e. The molecular weight excluding hydrogens is 454 g/mol. The molecule has 0 spiro atoms. The zero-order chi connectivity index (χ0) is 22.1. The van der Waals surface area contributed by atoms with E-state index in [4.69, 9.17) is 17.3 Å². The van der Waals surface area contributed by atoms with E-state index in [-0.39, 0.29) is 20.3 Å². The molecular formula is C21H15N3O4S3. The number of pyridine rings is 1. The normalized spacial score (nSPS) is 15.3. The van der Waals surface area contributed by atoms with Crippen molar-refractivity contribution in [2.24, 2.45) is 0 Å². The second kappa shape index (κ2) is 8.66. The Morgan fingerprint density at radius 3 is 2.68 bits per heavy atom. The average Bonchev–Trinajstić information content (AvgIpc) is 2.99. The minimum absolute atomic E-state index is 0.139. The maximum atomic E-state index is 13.3. The Hall–Kier alpha value is -2.95. The number of fused-ring (bicyclic) bond motifs is 1. The highest BCUT2D eigenvalue weighted by molar-refractivity contribution is 8.26. The molecule has 1 aromatic carbocycles. The Balaban J connectivity index is 1.86. The van der Waals surface area contributed by atoms with Gasteiger partial charge in [0.1, 0.15) is 21.5 Å². The van der Waals surface area contributed by atoms with Gasteiger partial charge in [0, 0.05) is 11.1 Å². The highest BCUT2D eigenvalue weighted by Gasteiger charge is 2.34. The number of aryl methyl sites for hydroxylation is 1. The summed E-state index contributed by atoms with van der Waals surface area (Å²) >= 11 is 7.44. The second-order valence-corrected chi connectivity index (χ2v) is 9.39. The van der Waals surface area contributed by atoms with Crippen LogP contribution in [0.25, 0.3) is 11.7 Å². The largest absolute Gasteiger partial charge is 0.480 e. The van der Waals surface area contributed by atoms with Crippen LogP contribution in [0.4, 0.5) is 0 Å². The van der Waals surface area contributed by atoms with Crippen molar-refractivity contribution in [2.45, 2.75) is 16.8 Å². The molecule has 1 saturated heterocycles. The van der Waals surface area contributed by atoms with E-state index in [2.05, 4.69) is 4.98 Å². The van der Waals surface area contributed by atoms with Gasteiger partial charge in [-0.05, 0) is 36.8 Å². The van der Waals surface area contributed by atoms with E-state index in [1.807, 2.05) is 43.3 Å². The van der Waals surface area contributed by atoms with Gasteiger partial charge in [-0.1, -0.05) is 60.0 Å². The van der Waals surface area contributed by atoms with Crippen molar-refractivity contribution >= 4 is 63.7 Å². The molecule has 0 unspecified atom stereocenters. The number of benzene rings is 1. The first-order valence-electron chi connectivity index (χ1n) is 9.06. The van der Waals surface area contributed by atoms with E-state index in [0.29, 0.717) is 10.7 Å². The molecule has 0 bridgehead atoms. The van der Waals surface area contributed by atoms with Crippen LogP contribution in [0, 0.1) is 6.92 Å². The topological polar surface area (TPSA) is 92.0 Å². The van der Waals surface area contributed by atoms with Crippen molar-refractivity contribution in [3.8, 4) is 0 Å². The molecule has 7 nitrogen and oxygen atoms in total. The fourth-order valence-corrected chi connectivity index (χ4v) is 5.09. The maximum absolute atomic E-state index is 13.3. The van der Waals surface area contributed by atoms with Gasteiger partial charge in [-0.3, -0.25) is 23.7 Å². The molecule has 1 N–H and O–H groups in total. The molecule has 0 radical (unpaired) electrons. The van der Waals surface area contributed by atoms with Gasteiger partial charge in [0.15, 0.2) is 0 Å². The van der Waals surface area contributed by atoms with E-state index in [1.165, 1.54) is 22.2 Å². The standard InChI is InChI=1S/C21H15N3O4S3/c1-12-7-8-16-22-18(30-13-5-3-2-4-6-13)14(19(27)23(16)10-12)9-15-20(28)24(11-17(25)26)21(29)31-15/h2-10H,11H2,1H3,(H,25,26)/b15-9-. The Kier molecular flexibility index (Phi) is 5.94. The molecule has 156 valence electrons. The van der Waals surface area contributed by atoms with E-state index in [0.717, 1.165) is 27.1 Å². The summed E-state index contributed by atoms with van der Waals surface area (Å²) in [7, 11) is 0. The lowest BCUT2D eigenvalue weighted by Gasteiger charge is -2.11. The van der Waals surface area contributed by atoms with Crippen molar-refractivity contribution in [1.29, 1.82) is 0 Å². The van der Waals surface area contributed by atoms with Crippen molar-refractivity contribution in [2.75, 3.05) is 6.54 Å². The third-order valence-corrected chi connectivity index (χ3v) is 6.76. The molecule has 31 heavy (non-hydrogen) atoms. The summed E-state index contributed by atoms with van der Waals surface area (Å²) in [5, 5.41) is 9.48. The van der Waals surface area contributed by atoms with Gasteiger partial charge in [-0.15, -0.1) is 0 Å². The monoisotopic (exact) mass is 469 g/mol. The molecule has 1 amide bonds. The minimum atomic E-state index is -1.17. The molecule has 1 aliphatic heterocycles. The first-order chi connectivity index (χ1) is 14.8. The van der Waals surface area contributed by atoms with Crippen LogP contribution >= 0.6 is 35.7 Å². The summed E-state index contributed by atoms with van der Waals surface area (Å²) in [6.07, 6.45) is 3.14. The van der Waals surface area contributed by atoms with Gasteiger partial charge in [-0.2, -0.15) is 0 Å². The van der Waals surface area contributed by atoms with Gasteiger partial charge in [0.05, 0.1) is 10.5 Å². The first-order valence-corrected chi connectivity index (χ1v) is 11.1. The number of rotatable bonds is 5. The fraction of sp³-hybridized carbons (Fsp3) is 0.0952. The van der Waals surface area contributed by atoms with E-state index in [9.17, 15) is 14.4 Å². The van der Waals surface area contributed by atoms with E-state index < -0.39 is 18.4 Å². The highest BCUT2D eigenvalue weighted by atomic mass is 32.2. The molecule has 10 heteroatoms. The number of amides is 1. The van der Waals surface area contributed by atoms with Gasteiger partial charge in [0.2, 0.25) is 0 Å². The summed E-state index contributed by atoms with van der Waals surface area (Å²) in [5.74, 6) is -1.71. The fourth-order valence-electron chi connectivity index (χ4n) is 2.94. The lowest BCUT2D eigenvalue weighted by Crippen LogP contribution is -2.33. The number of hydrogen-bond acceptors (Lipinski definition) is 7. The predicted molar refractivity (Wildman–Crippen MR) is 124 cm³/mol. The lowest BCUT2D eigenvalue weighted by molar-refractivity contribution is -0.140. The molecule has 0 saturated carbocycles. The lowest BCUT2D eigenvalue weighted by atomic mass is 10.2. The van der Waals surface area contributed by atoms with Crippen LogP contribution in [0.5, 0.6) is 0 Å². The summed E-state index contributed by atoms with van der Waals surface area (Å²) < 4.78 is 1.58. The van der Waals surface area contributed by atoms with Gasteiger partial charge < -0.3 is 5.11 Å². The van der Waals surface area contributed by atoms with Crippen molar-refractivity contribution < 1.29 is 14.7 Å². The molecule has 1 fully saturated rings. The summed E-state index contributed by atoms with van der Waals surface area (Å²) in [6, 6.07) is 13.1. The zero-order valence-corrected chi connectivity index (χ0v) is 18.6. The van der Waals surface area contributed by atoms with Crippen LogP contribution in [0.1, 0.15) is 11.1 Å². The molecule has 2 aromatic heterocycles. The number of thioether (sulfide) groups is 1. The van der Waals surface area contributed by atoms with Crippen LogP contribution in [0.3, 0.4) is 0 Å². The molecule has 0 atom stereocenters. The van der Waals surface area contributed by atoms with Crippen LogP contribution in [0.15, 0.2) is 68.3 Å². The van der Waals surface area contributed by atoms with Gasteiger partial charge in [0.25, 0.3) is 11.5 Å². The number of thiocarbonyl (C=S) groups is 1. The molecule has 4 rings (SSSR count). The average molecular weight is 470 g/mol. The Morgan fingerprint density at radius 2 is 1.97 bits per heavy atom. The number of carboxylic acid groups (broad SMARTS) is 1. The number of aliphatic carboxylic acids is 1. The Bertz CT molecular complexity index is 1320. The molecule has 3 heterocycles. The van der Waals surface area contributed by atoms with Crippen LogP contribution in [-0.2, 0) is 9.59 Å². The Labute approximate surface area is 190 Å². The van der Waals surface area contributed by atoms with E-state index in [1.54, 1.807) is 12.3 Å². The van der Waals surface area contributed by atoms with Crippen LogP contribution in [-0.4, -0.2) is 42.1 Å². The summed E-state index contributed by atoms with van der Waals surface area (Å²) in [5.41, 5.74) is 1.30. The Morgan fingerprint density at radius 1 is 1.23 bits per heavy atom. The van der Waals surface area contributed by atoms with Crippen LogP contribution in [0.2, 0.25) is 0 Å². The number of carboxylic acids is 1. The number of carbonyl (C=O) groups excluding carboxylic acids is 1. The number of nitrogens with zero attached hydrogens (tertiary/aromatic N) is 3. The van der Waals surface area contributed by atoms with Crippen molar-refractivity contribution in [3.05, 3.63) is 75.0 Å². The maximum Gasteiger partial charge on any atom is 0.323 e. The van der Waals surface area contributed by atoms with Gasteiger partial charge >= 0.3 is 5.97 Å². The molecule has 1 aliphatic rings. The molecule has 3 aromatic rings. The zero-order valence-electron chi connectivity index (χ0n) is 16.1. The number of hydrogen-bond donors (Lipinski definition) is 1. The quantitative estimate of drug-likeness (QED) is 0.345. The highest BCUT2D eigenvalue weighted by Crippen LogP contribution is 2.34. The minimum Gasteiger partial charge on any atom is -0.480 e. The number of aromatic nitrogens is 2. The van der Waals surface area contributed by atoms with E-state index >= 15 is 0 Å². The van der Waals surface area contributed by atoms with Crippen molar-refractivity contribution in [3.63, 3.8) is 0 Å². The van der Waals surface area contributed by atoms with Gasteiger partial charge in [-0.25, -0.2) is 4.98 Å². The number of carbonyl (C=O) groups is 2.